The second kappa shape index (κ2) is 3.98. The van der Waals surface area contributed by atoms with Crippen molar-refractivity contribution >= 4 is 63.9 Å². The third-order valence-electron chi connectivity index (χ3n) is 1.76. The van der Waals surface area contributed by atoms with Crippen molar-refractivity contribution in [1.29, 1.82) is 0 Å². The number of ether oxygens (including phenoxy) is 1. The Morgan fingerprint density at radius 1 is 1.19 bits per heavy atom. The number of hydrogen-bond acceptors (Lipinski definition) is 2. The summed E-state index contributed by atoms with van der Waals surface area (Å²) in [4.78, 5) is 11.3. The number of benzene rings is 1. The summed E-state index contributed by atoms with van der Waals surface area (Å²) in [5.41, 5.74) is 0.222. The SMILES string of the molecule is COC(=O)c1ccc[c]([Sb-]([Cl])([Cl])([Cl])([Cl])[Cl])c1. The molecule has 0 unspecified atom stereocenters. The fourth-order valence-corrected chi connectivity index (χ4v) is 6.68. The van der Waals surface area contributed by atoms with Crippen LogP contribution in [-0.4, -0.2) is 23.4 Å². The summed E-state index contributed by atoms with van der Waals surface area (Å²) in [5, 5.41) is 0. The number of carbonyl (C=O) groups is 1. The zero-order chi connectivity index (χ0) is 12.7. The van der Waals surface area contributed by atoms with Gasteiger partial charge in [-0.1, -0.05) is 0 Å². The molecule has 0 spiro atoms. The molecule has 0 radical (unpaired) electrons. The zero-order valence-corrected chi connectivity index (χ0v) is 14.3. The van der Waals surface area contributed by atoms with Gasteiger partial charge in [-0.3, -0.25) is 0 Å². The summed E-state index contributed by atoms with van der Waals surface area (Å²) >= 11 is 0. The monoisotopic (exact) mass is 431 g/mol. The van der Waals surface area contributed by atoms with Crippen molar-refractivity contribution < 1.29 is 9.53 Å². The first kappa shape index (κ1) is 15.0. The van der Waals surface area contributed by atoms with Gasteiger partial charge in [-0.25, -0.2) is 0 Å². The number of esters is 1. The molecule has 0 aliphatic rings. The van der Waals surface area contributed by atoms with Crippen LogP contribution in [0.4, 0.5) is 0 Å². The number of methoxy groups -OCH3 is 1. The molecular formula is C8H7Cl5O2Sb-. The Balaban J connectivity index is 3.36. The van der Waals surface area contributed by atoms with Crippen molar-refractivity contribution in [3.63, 3.8) is 0 Å². The van der Waals surface area contributed by atoms with Gasteiger partial charge in [-0.15, -0.1) is 0 Å². The molecule has 0 fully saturated rings. The van der Waals surface area contributed by atoms with Gasteiger partial charge in [0.25, 0.3) is 0 Å². The van der Waals surface area contributed by atoms with Crippen molar-refractivity contribution in [2.45, 2.75) is 0 Å². The Morgan fingerprint density at radius 2 is 1.75 bits per heavy atom. The van der Waals surface area contributed by atoms with Gasteiger partial charge >= 0.3 is 110 Å². The van der Waals surface area contributed by atoms with Crippen LogP contribution in [0.5, 0.6) is 0 Å². The van der Waals surface area contributed by atoms with Gasteiger partial charge in [-0.2, -0.15) is 0 Å². The van der Waals surface area contributed by atoms with Crippen molar-refractivity contribution in [2.75, 3.05) is 7.11 Å². The van der Waals surface area contributed by atoms with Crippen molar-refractivity contribution in [2.24, 2.45) is 0 Å². The van der Waals surface area contributed by atoms with E-state index in [1.54, 1.807) is 0 Å². The molecule has 16 heavy (non-hydrogen) atoms. The Bertz CT molecular complexity index is 438. The van der Waals surface area contributed by atoms with E-state index in [4.69, 9.17) is 44.1 Å². The van der Waals surface area contributed by atoms with E-state index < -0.39 is 16.3 Å². The summed E-state index contributed by atoms with van der Waals surface area (Å²) < 4.78 is 4.67. The predicted octanol–water partition coefficient (Wildman–Crippen LogP) is 3.71. The maximum absolute atomic E-state index is 11.3. The number of hydrogen-bond donors (Lipinski definition) is 0. The molecule has 0 N–H and O–H groups in total. The zero-order valence-electron chi connectivity index (χ0n) is 7.96. The molecule has 1 aromatic carbocycles. The molecule has 0 aliphatic carbocycles. The molecule has 0 saturated carbocycles. The van der Waals surface area contributed by atoms with E-state index in [1.807, 2.05) is 0 Å². The van der Waals surface area contributed by atoms with Crippen molar-refractivity contribution in [1.82, 2.24) is 0 Å². The van der Waals surface area contributed by atoms with Crippen LogP contribution in [0.2, 0.25) is 0 Å². The van der Waals surface area contributed by atoms with Gasteiger partial charge in [0.2, 0.25) is 0 Å². The molecule has 2 nitrogen and oxygen atoms in total. The van der Waals surface area contributed by atoms with Gasteiger partial charge < -0.3 is 0 Å². The molecule has 1 rings (SSSR count). The van der Waals surface area contributed by atoms with E-state index in [-0.39, 0.29) is 9.07 Å². The van der Waals surface area contributed by atoms with Crippen molar-refractivity contribution in [3.05, 3.63) is 29.8 Å². The molecule has 0 atom stereocenters. The van der Waals surface area contributed by atoms with Crippen molar-refractivity contribution in [3.8, 4) is 0 Å². The first-order valence-electron chi connectivity index (χ1n) is 3.96. The first-order valence-corrected chi connectivity index (χ1v) is 21.4. The van der Waals surface area contributed by atoms with E-state index in [0.717, 1.165) is 0 Å². The summed E-state index contributed by atoms with van der Waals surface area (Å²) in [5.74, 6) is -0.555. The second-order valence-electron chi connectivity index (χ2n) is 3.10. The van der Waals surface area contributed by atoms with Gasteiger partial charge in [0.15, 0.2) is 0 Å². The van der Waals surface area contributed by atoms with Gasteiger partial charge in [0, 0.05) is 0 Å². The molecule has 92 valence electrons. The van der Waals surface area contributed by atoms with Crippen LogP contribution in [-0.2, 0) is 4.74 Å². The van der Waals surface area contributed by atoms with Gasteiger partial charge in [0.1, 0.15) is 0 Å². The maximum atomic E-state index is 11.3. The molecule has 0 bridgehead atoms. The molecule has 0 aliphatic heterocycles. The normalized spacial score (nSPS) is 16.1. The van der Waals surface area contributed by atoms with Crippen LogP contribution in [0.1, 0.15) is 10.4 Å². The third kappa shape index (κ3) is 4.01. The van der Waals surface area contributed by atoms with Gasteiger partial charge in [-0.05, 0) is 0 Å². The second-order valence-corrected chi connectivity index (χ2v) is 50.6. The number of halogens is 5. The average molecular weight is 434 g/mol. The number of rotatable bonds is 2. The molecular weight excluding hydrogens is 427 g/mol. The standard InChI is InChI=1S/C8H7O2.5ClH.Sb/c1-10-8(9)7-5-3-2-4-6-7;;;;;;/h2-3,5-6H,1H3;5*1H;/q;;;;;;+4/p-5. The predicted molar refractivity (Wildman–Crippen MR) is 72.4 cm³/mol. The Hall–Kier alpha value is 0.958. The van der Waals surface area contributed by atoms with Gasteiger partial charge in [0.05, 0.1) is 0 Å². The fraction of sp³-hybridized carbons (Fsp3) is 0.125. The Labute approximate surface area is 109 Å². The Morgan fingerprint density at radius 3 is 2.19 bits per heavy atom. The first-order chi connectivity index (χ1) is 6.94. The summed E-state index contributed by atoms with van der Waals surface area (Å²) in [6, 6.07) is 5.82. The molecule has 0 saturated heterocycles. The minimum atomic E-state index is -5.81. The average Bonchev–Trinajstić information content (AvgIpc) is 2.13. The van der Waals surface area contributed by atoms with Crippen LogP contribution < -0.4 is 3.51 Å². The van der Waals surface area contributed by atoms with Crippen LogP contribution in [0.3, 0.4) is 0 Å². The van der Waals surface area contributed by atoms with E-state index in [0.29, 0.717) is 0 Å². The minimum absolute atomic E-state index is 0.130. The van der Waals surface area contributed by atoms with Crippen LogP contribution >= 0.6 is 44.1 Å². The van der Waals surface area contributed by atoms with E-state index in [2.05, 4.69) is 4.74 Å². The van der Waals surface area contributed by atoms with Crippen LogP contribution in [0, 0.1) is 0 Å². The van der Waals surface area contributed by atoms with Crippen LogP contribution in [0.25, 0.3) is 0 Å². The Kier molecular flexibility index (Phi) is 3.73. The molecule has 1 aromatic rings. The summed E-state index contributed by atoms with van der Waals surface area (Å²) in [6.07, 6.45) is 0. The molecule has 0 amide bonds. The van der Waals surface area contributed by atoms with E-state index in [9.17, 15) is 4.79 Å². The van der Waals surface area contributed by atoms with Crippen LogP contribution in [0.15, 0.2) is 24.3 Å². The summed E-state index contributed by atoms with van der Waals surface area (Å²) in [6.45, 7) is 0. The molecule has 8 heteroatoms. The van der Waals surface area contributed by atoms with E-state index >= 15 is 0 Å². The van der Waals surface area contributed by atoms with E-state index in [1.165, 1.54) is 31.4 Å². The summed E-state index contributed by atoms with van der Waals surface area (Å²) in [7, 11) is 24.9. The topological polar surface area (TPSA) is 26.3 Å². The quantitative estimate of drug-likeness (QED) is 0.524. The molecule has 0 aromatic heterocycles. The molecule has 0 heterocycles. The fourth-order valence-electron chi connectivity index (χ4n) is 1.01. The third-order valence-corrected chi connectivity index (χ3v) is 11.9. The number of carbonyl (C=O) groups excluding carboxylic acids is 1.